The van der Waals surface area contributed by atoms with Gasteiger partial charge in [-0.05, 0) is 6.07 Å². The van der Waals surface area contributed by atoms with Crippen molar-refractivity contribution in [3.05, 3.63) is 29.8 Å². The number of hydrogen-bond donors (Lipinski definition) is 4. The van der Waals surface area contributed by atoms with Gasteiger partial charge in [0.15, 0.2) is 0 Å². The van der Waals surface area contributed by atoms with Crippen molar-refractivity contribution in [3.8, 4) is 0 Å². The Bertz CT molecular complexity index is 452. The molecule has 96 valence electrons. The monoisotopic (exact) mass is 249 g/mol. The third-order valence-electron chi connectivity index (χ3n) is 2.77. The van der Waals surface area contributed by atoms with Gasteiger partial charge in [-0.2, -0.15) is 0 Å². The quantitative estimate of drug-likeness (QED) is 0.565. The molecule has 0 aromatic heterocycles. The summed E-state index contributed by atoms with van der Waals surface area (Å²) in [7, 11) is 0. The van der Waals surface area contributed by atoms with Gasteiger partial charge >= 0.3 is 0 Å². The summed E-state index contributed by atoms with van der Waals surface area (Å²) in [4.78, 5) is 22.9. The highest BCUT2D eigenvalue weighted by Gasteiger charge is 2.23. The fourth-order valence-electron chi connectivity index (χ4n) is 1.75. The smallest absolute Gasteiger partial charge is 0.243 e. The van der Waals surface area contributed by atoms with Crippen molar-refractivity contribution in [1.29, 1.82) is 0 Å². The van der Waals surface area contributed by atoms with Crippen LogP contribution in [0.3, 0.4) is 0 Å². The van der Waals surface area contributed by atoms with Crippen LogP contribution in [0.2, 0.25) is 0 Å². The molecule has 1 heterocycles. The van der Waals surface area contributed by atoms with Crippen molar-refractivity contribution in [2.45, 2.75) is 12.6 Å². The number of rotatable bonds is 3. The molecule has 1 aliphatic heterocycles. The van der Waals surface area contributed by atoms with Gasteiger partial charge in [0.25, 0.3) is 0 Å². The maximum absolute atomic E-state index is 11.9. The molecule has 1 aliphatic rings. The summed E-state index contributed by atoms with van der Waals surface area (Å²) >= 11 is 0. The minimum atomic E-state index is -0.450. The maximum atomic E-state index is 11.9. The Kier molecular flexibility index (Phi) is 3.91. The SMILES string of the molecule is O=C1CNC(C(=O)Nc2ccccc2CO)CN1. The molecule has 0 spiro atoms. The maximum Gasteiger partial charge on any atom is 0.243 e. The highest BCUT2D eigenvalue weighted by atomic mass is 16.3. The highest BCUT2D eigenvalue weighted by Crippen LogP contribution is 2.14. The summed E-state index contributed by atoms with van der Waals surface area (Å²) in [6.07, 6.45) is 0. The number of aliphatic hydroxyl groups excluding tert-OH is 1. The molecule has 0 aliphatic carbocycles. The van der Waals surface area contributed by atoms with Crippen LogP contribution in [0.25, 0.3) is 0 Å². The van der Waals surface area contributed by atoms with Crippen molar-refractivity contribution in [2.75, 3.05) is 18.4 Å². The molecule has 6 nitrogen and oxygen atoms in total. The number of benzene rings is 1. The van der Waals surface area contributed by atoms with Gasteiger partial charge in [-0.1, -0.05) is 18.2 Å². The van der Waals surface area contributed by atoms with E-state index in [2.05, 4.69) is 16.0 Å². The Hall–Kier alpha value is -1.92. The van der Waals surface area contributed by atoms with Gasteiger partial charge in [0.1, 0.15) is 6.04 Å². The van der Waals surface area contributed by atoms with Crippen LogP contribution in [-0.2, 0) is 16.2 Å². The van der Waals surface area contributed by atoms with E-state index in [-0.39, 0.29) is 31.5 Å². The number of hydrogen-bond acceptors (Lipinski definition) is 4. The predicted octanol–water partition coefficient (Wildman–Crippen LogP) is -0.795. The molecule has 1 aromatic carbocycles. The van der Waals surface area contributed by atoms with E-state index < -0.39 is 6.04 Å². The van der Waals surface area contributed by atoms with E-state index in [1.165, 1.54) is 0 Å². The lowest BCUT2D eigenvalue weighted by molar-refractivity contribution is -0.124. The first-order valence-electron chi connectivity index (χ1n) is 5.70. The van der Waals surface area contributed by atoms with Gasteiger partial charge in [0.2, 0.25) is 11.8 Å². The first kappa shape index (κ1) is 12.5. The topological polar surface area (TPSA) is 90.5 Å². The molecule has 1 fully saturated rings. The third kappa shape index (κ3) is 2.85. The number of amides is 2. The molecule has 4 N–H and O–H groups in total. The molecule has 6 heteroatoms. The van der Waals surface area contributed by atoms with Gasteiger partial charge in [-0.25, -0.2) is 0 Å². The zero-order valence-electron chi connectivity index (χ0n) is 9.77. The third-order valence-corrected chi connectivity index (χ3v) is 2.77. The Labute approximate surface area is 104 Å². The van der Waals surface area contributed by atoms with E-state index in [0.717, 1.165) is 0 Å². The molecule has 1 aromatic rings. The second-order valence-electron chi connectivity index (χ2n) is 4.04. The number of para-hydroxylation sites is 1. The number of anilines is 1. The zero-order chi connectivity index (χ0) is 13.0. The van der Waals surface area contributed by atoms with Crippen LogP contribution in [0, 0.1) is 0 Å². The van der Waals surface area contributed by atoms with Crippen LogP contribution in [-0.4, -0.2) is 36.1 Å². The van der Waals surface area contributed by atoms with Gasteiger partial charge in [0, 0.05) is 17.8 Å². The van der Waals surface area contributed by atoms with Crippen LogP contribution in [0.4, 0.5) is 5.69 Å². The minimum absolute atomic E-state index is 0.116. The van der Waals surface area contributed by atoms with Crippen molar-refractivity contribution >= 4 is 17.5 Å². The first-order chi connectivity index (χ1) is 8.70. The standard InChI is InChI=1S/C12H15N3O3/c16-7-8-3-1-2-4-9(8)15-12(18)10-5-14-11(17)6-13-10/h1-4,10,13,16H,5-7H2,(H,14,17)(H,15,18). The minimum Gasteiger partial charge on any atom is -0.392 e. The molecule has 18 heavy (non-hydrogen) atoms. The van der Waals surface area contributed by atoms with Crippen LogP contribution >= 0.6 is 0 Å². The average Bonchev–Trinajstić information content (AvgIpc) is 2.40. The fraction of sp³-hybridized carbons (Fsp3) is 0.333. The van der Waals surface area contributed by atoms with E-state index in [1.54, 1.807) is 24.3 Å². The van der Waals surface area contributed by atoms with Crippen molar-refractivity contribution in [2.24, 2.45) is 0 Å². The normalized spacial score (nSPS) is 19.2. The highest BCUT2D eigenvalue weighted by molar-refractivity contribution is 5.97. The summed E-state index contributed by atoms with van der Waals surface area (Å²) < 4.78 is 0. The molecule has 2 rings (SSSR count). The van der Waals surface area contributed by atoms with E-state index in [0.29, 0.717) is 11.3 Å². The van der Waals surface area contributed by atoms with Crippen molar-refractivity contribution in [1.82, 2.24) is 10.6 Å². The van der Waals surface area contributed by atoms with Gasteiger partial charge in [-0.3, -0.25) is 14.9 Å². The molecular weight excluding hydrogens is 234 g/mol. The van der Waals surface area contributed by atoms with E-state index in [4.69, 9.17) is 5.11 Å². The number of nitrogens with one attached hydrogen (secondary N) is 3. The lowest BCUT2D eigenvalue weighted by Gasteiger charge is -2.23. The average molecular weight is 249 g/mol. The van der Waals surface area contributed by atoms with Crippen molar-refractivity contribution < 1.29 is 14.7 Å². The summed E-state index contributed by atoms with van der Waals surface area (Å²) in [5.74, 6) is -0.342. The molecule has 1 unspecified atom stereocenters. The second kappa shape index (κ2) is 5.61. The van der Waals surface area contributed by atoms with E-state index in [1.807, 2.05) is 0 Å². The Morgan fingerprint density at radius 3 is 2.89 bits per heavy atom. The Balaban J connectivity index is 2.00. The van der Waals surface area contributed by atoms with Crippen LogP contribution in [0.1, 0.15) is 5.56 Å². The fourth-order valence-corrected chi connectivity index (χ4v) is 1.75. The largest absolute Gasteiger partial charge is 0.392 e. The van der Waals surface area contributed by atoms with Crippen LogP contribution in [0.5, 0.6) is 0 Å². The molecule has 1 saturated heterocycles. The molecule has 2 amide bonds. The van der Waals surface area contributed by atoms with Gasteiger partial charge in [-0.15, -0.1) is 0 Å². The molecule has 0 bridgehead atoms. The van der Waals surface area contributed by atoms with E-state index in [9.17, 15) is 9.59 Å². The zero-order valence-corrected chi connectivity index (χ0v) is 9.77. The molecule has 0 saturated carbocycles. The van der Waals surface area contributed by atoms with Gasteiger partial charge < -0.3 is 15.7 Å². The first-order valence-corrected chi connectivity index (χ1v) is 5.70. The lowest BCUT2D eigenvalue weighted by atomic mass is 10.1. The molecular formula is C12H15N3O3. The number of piperazine rings is 1. The number of aliphatic hydroxyl groups is 1. The summed E-state index contributed by atoms with van der Waals surface area (Å²) in [5, 5.41) is 17.3. The summed E-state index contributed by atoms with van der Waals surface area (Å²) in [6, 6.07) is 6.59. The number of carbonyl (C=O) groups excluding carboxylic acids is 2. The Morgan fingerprint density at radius 1 is 1.44 bits per heavy atom. The van der Waals surface area contributed by atoms with Crippen LogP contribution < -0.4 is 16.0 Å². The van der Waals surface area contributed by atoms with Crippen LogP contribution in [0.15, 0.2) is 24.3 Å². The predicted molar refractivity (Wildman–Crippen MR) is 65.8 cm³/mol. The lowest BCUT2D eigenvalue weighted by Crippen LogP contribution is -2.56. The number of carbonyl (C=O) groups is 2. The van der Waals surface area contributed by atoms with Gasteiger partial charge in [0.05, 0.1) is 13.2 Å². The molecule has 1 atom stereocenters. The van der Waals surface area contributed by atoms with Crippen molar-refractivity contribution in [3.63, 3.8) is 0 Å². The van der Waals surface area contributed by atoms with E-state index >= 15 is 0 Å². The summed E-state index contributed by atoms with van der Waals surface area (Å²) in [5.41, 5.74) is 1.24. The molecule has 0 radical (unpaired) electrons. The Morgan fingerprint density at radius 2 is 2.22 bits per heavy atom. The summed E-state index contributed by atoms with van der Waals surface area (Å²) in [6.45, 7) is 0.275. The second-order valence-corrected chi connectivity index (χ2v) is 4.04.